The van der Waals surface area contributed by atoms with Crippen LogP contribution in [0.25, 0.3) is 0 Å². The highest BCUT2D eigenvalue weighted by molar-refractivity contribution is 5.87. The summed E-state index contributed by atoms with van der Waals surface area (Å²) in [5, 5.41) is 0. The van der Waals surface area contributed by atoms with Gasteiger partial charge in [-0.05, 0) is 20.3 Å². The quantitative estimate of drug-likeness (QED) is 0.178. The van der Waals surface area contributed by atoms with Crippen LogP contribution in [0.1, 0.15) is 27.2 Å². The van der Waals surface area contributed by atoms with Crippen molar-refractivity contribution in [3.63, 3.8) is 0 Å². The standard InChI is InChI=1S/C10H16O6.C10H16O5/c1-8(2)9(11)14-6-7-16-10(12)15-5-4-13-3;1-4-5-14-10(12)15-7-6-13-9(11)8(2)3/h1,4-7H2,2-3H3;2,4-7H2,1,3H3. The molecule has 0 aliphatic carbocycles. The molecule has 0 spiro atoms. The van der Waals surface area contributed by atoms with Crippen LogP contribution in [0.15, 0.2) is 24.3 Å². The van der Waals surface area contributed by atoms with E-state index in [1.165, 1.54) is 14.0 Å². The highest BCUT2D eigenvalue weighted by Gasteiger charge is 2.06. The molecule has 0 atom stereocenters. The summed E-state index contributed by atoms with van der Waals surface area (Å²) in [5.41, 5.74) is 0.603. The van der Waals surface area contributed by atoms with Crippen LogP contribution in [0.4, 0.5) is 9.59 Å². The Hall–Kier alpha value is -3.08. The third kappa shape index (κ3) is 21.4. The molecule has 0 aliphatic heterocycles. The maximum absolute atomic E-state index is 10.9. The summed E-state index contributed by atoms with van der Waals surface area (Å²) in [6.45, 7) is 12.4. The Labute approximate surface area is 182 Å². The molecule has 0 rings (SSSR count). The molecule has 0 aromatic carbocycles. The summed E-state index contributed by atoms with van der Waals surface area (Å²) >= 11 is 0. The Morgan fingerprint density at radius 2 is 0.903 bits per heavy atom. The predicted octanol–water partition coefficient (Wildman–Crippen LogP) is 2.57. The van der Waals surface area contributed by atoms with Crippen LogP contribution in [0.5, 0.6) is 0 Å². The van der Waals surface area contributed by atoms with Crippen molar-refractivity contribution >= 4 is 24.2 Å². The zero-order valence-electron chi connectivity index (χ0n) is 18.6. The SMILES string of the molecule is C=C(C)C(=O)OCCOC(=O)OCCC.C=C(C)C(=O)OCCOC(=O)OCCOC. The first-order chi connectivity index (χ1) is 14.6. The molecule has 178 valence electrons. The summed E-state index contributed by atoms with van der Waals surface area (Å²) in [6, 6.07) is 0. The third-order valence-electron chi connectivity index (χ3n) is 2.70. The zero-order valence-corrected chi connectivity index (χ0v) is 18.6. The summed E-state index contributed by atoms with van der Waals surface area (Å²) in [4.78, 5) is 43.4. The highest BCUT2D eigenvalue weighted by Crippen LogP contribution is 1.94. The zero-order chi connectivity index (χ0) is 24.1. The molecule has 0 aromatic heterocycles. The third-order valence-corrected chi connectivity index (χ3v) is 2.70. The maximum Gasteiger partial charge on any atom is 0.508 e. The maximum atomic E-state index is 10.9. The van der Waals surface area contributed by atoms with Crippen LogP contribution in [0.3, 0.4) is 0 Å². The van der Waals surface area contributed by atoms with Gasteiger partial charge in [-0.1, -0.05) is 20.1 Å². The fraction of sp³-hybridized carbons (Fsp3) is 0.600. The van der Waals surface area contributed by atoms with Gasteiger partial charge in [-0.15, -0.1) is 0 Å². The van der Waals surface area contributed by atoms with Crippen LogP contribution >= 0.6 is 0 Å². The van der Waals surface area contributed by atoms with Crippen molar-refractivity contribution < 1.29 is 52.3 Å². The second-order valence-electron chi connectivity index (χ2n) is 5.72. The molecular formula is C20H32O11. The molecule has 0 saturated carbocycles. The van der Waals surface area contributed by atoms with Crippen LogP contribution < -0.4 is 0 Å². The molecule has 0 aromatic rings. The van der Waals surface area contributed by atoms with E-state index in [0.717, 1.165) is 6.42 Å². The van der Waals surface area contributed by atoms with Crippen molar-refractivity contribution in [2.24, 2.45) is 0 Å². The average molecular weight is 448 g/mol. The van der Waals surface area contributed by atoms with Crippen LogP contribution in [0.2, 0.25) is 0 Å². The van der Waals surface area contributed by atoms with E-state index in [1.54, 1.807) is 6.92 Å². The minimum atomic E-state index is -0.816. The number of hydrogen-bond acceptors (Lipinski definition) is 11. The molecule has 0 fully saturated rings. The van der Waals surface area contributed by atoms with E-state index < -0.39 is 24.2 Å². The largest absolute Gasteiger partial charge is 0.508 e. The average Bonchev–Trinajstić information content (AvgIpc) is 2.72. The van der Waals surface area contributed by atoms with E-state index in [-0.39, 0.29) is 33.0 Å². The van der Waals surface area contributed by atoms with Crippen molar-refractivity contribution in [1.29, 1.82) is 0 Å². The molecular weight excluding hydrogens is 416 g/mol. The number of rotatable bonds is 13. The van der Waals surface area contributed by atoms with Crippen molar-refractivity contribution in [3.05, 3.63) is 24.3 Å². The molecule has 0 N–H and O–H groups in total. The monoisotopic (exact) mass is 448 g/mol. The molecule has 0 saturated heterocycles. The Morgan fingerprint density at radius 1 is 0.581 bits per heavy atom. The first kappa shape index (κ1) is 30.1. The van der Waals surface area contributed by atoms with Crippen LogP contribution in [0, 0.1) is 0 Å². The number of hydrogen-bond donors (Lipinski definition) is 0. The molecule has 0 amide bonds. The number of ether oxygens (including phenoxy) is 7. The van der Waals surface area contributed by atoms with Gasteiger partial charge in [0.15, 0.2) is 0 Å². The van der Waals surface area contributed by atoms with Gasteiger partial charge < -0.3 is 33.2 Å². The molecule has 0 aliphatic rings. The lowest BCUT2D eigenvalue weighted by Crippen LogP contribution is -2.16. The minimum absolute atomic E-state index is 0.00686. The van der Waals surface area contributed by atoms with Gasteiger partial charge in [-0.25, -0.2) is 19.2 Å². The Kier molecular flexibility index (Phi) is 19.6. The van der Waals surface area contributed by atoms with Gasteiger partial charge in [0.25, 0.3) is 0 Å². The molecule has 11 heteroatoms. The van der Waals surface area contributed by atoms with Crippen molar-refractivity contribution in [2.75, 3.05) is 53.4 Å². The van der Waals surface area contributed by atoms with E-state index in [4.69, 9.17) is 0 Å². The highest BCUT2D eigenvalue weighted by atomic mass is 16.7. The number of esters is 2. The van der Waals surface area contributed by atoms with Gasteiger partial charge in [-0.3, -0.25) is 0 Å². The normalized spacial score (nSPS) is 9.29. The molecule has 0 heterocycles. The van der Waals surface area contributed by atoms with E-state index in [9.17, 15) is 19.2 Å². The van der Waals surface area contributed by atoms with Gasteiger partial charge in [0.2, 0.25) is 0 Å². The second-order valence-corrected chi connectivity index (χ2v) is 5.72. The van der Waals surface area contributed by atoms with E-state index in [2.05, 4.69) is 46.3 Å². The van der Waals surface area contributed by atoms with E-state index >= 15 is 0 Å². The Bertz CT molecular complexity index is 584. The number of methoxy groups -OCH3 is 1. The smallest absolute Gasteiger partial charge is 0.459 e. The first-order valence-corrected chi connectivity index (χ1v) is 9.38. The van der Waals surface area contributed by atoms with Gasteiger partial charge in [0.1, 0.15) is 33.0 Å². The van der Waals surface area contributed by atoms with Gasteiger partial charge in [-0.2, -0.15) is 0 Å². The molecule has 0 bridgehead atoms. The van der Waals surface area contributed by atoms with Gasteiger partial charge in [0.05, 0.1) is 13.2 Å². The van der Waals surface area contributed by atoms with Crippen molar-refractivity contribution in [1.82, 2.24) is 0 Å². The topological polar surface area (TPSA) is 133 Å². The number of carbonyl (C=O) groups is 4. The lowest BCUT2D eigenvalue weighted by atomic mass is 10.4. The fourth-order valence-corrected chi connectivity index (χ4v) is 1.24. The summed E-state index contributed by atoms with van der Waals surface area (Å²) in [6.07, 6.45) is -0.827. The summed E-state index contributed by atoms with van der Waals surface area (Å²) < 4.78 is 32.5. The molecule has 11 nitrogen and oxygen atoms in total. The first-order valence-electron chi connectivity index (χ1n) is 9.38. The molecule has 31 heavy (non-hydrogen) atoms. The van der Waals surface area contributed by atoms with E-state index in [0.29, 0.717) is 24.4 Å². The minimum Gasteiger partial charge on any atom is -0.459 e. The van der Waals surface area contributed by atoms with Gasteiger partial charge in [0, 0.05) is 18.3 Å². The van der Waals surface area contributed by atoms with Crippen LogP contribution in [-0.2, 0) is 42.7 Å². The van der Waals surface area contributed by atoms with Crippen molar-refractivity contribution in [2.45, 2.75) is 27.2 Å². The number of carbonyl (C=O) groups excluding carboxylic acids is 4. The van der Waals surface area contributed by atoms with E-state index in [1.807, 2.05) is 6.92 Å². The predicted molar refractivity (Wildman–Crippen MR) is 108 cm³/mol. The molecule has 0 radical (unpaired) electrons. The fourth-order valence-electron chi connectivity index (χ4n) is 1.24. The lowest BCUT2D eigenvalue weighted by Gasteiger charge is -2.06. The van der Waals surface area contributed by atoms with Crippen LogP contribution in [-0.4, -0.2) is 77.6 Å². The Morgan fingerprint density at radius 3 is 1.23 bits per heavy atom. The summed E-state index contributed by atoms with van der Waals surface area (Å²) in [5.74, 6) is -1.02. The lowest BCUT2D eigenvalue weighted by molar-refractivity contribution is -0.140. The molecule has 0 unspecified atom stereocenters. The Balaban J connectivity index is 0. The summed E-state index contributed by atoms with van der Waals surface area (Å²) in [7, 11) is 1.49. The second kappa shape index (κ2) is 20.2. The van der Waals surface area contributed by atoms with Crippen molar-refractivity contribution in [3.8, 4) is 0 Å². The van der Waals surface area contributed by atoms with Gasteiger partial charge >= 0.3 is 24.2 Å².